The molecule has 0 aliphatic rings. The number of aryl methyl sites for hydroxylation is 1. The van der Waals surface area contributed by atoms with Gasteiger partial charge in [-0.3, -0.25) is 4.79 Å². The van der Waals surface area contributed by atoms with E-state index in [4.69, 9.17) is 10.5 Å². The first-order valence-electron chi connectivity index (χ1n) is 6.25. The quantitative estimate of drug-likeness (QED) is 0.843. The van der Waals surface area contributed by atoms with Crippen molar-refractivity contribution >= 4 is 11.6 Å². The molecule has 1 atom stereocenters. The van der Waals surface area contributed by atoms with Crippen LogP contribution in [0.3, 0.4) is 0 Å². The smallest absolute Gasteiger partial charge is 0.241 e. The summed E-state index contributed by atoms with van der Waals surface area (Å²) in [4.78, 5) is 11.8. The van der Waals surface area contributed by atoms with Gasteiger partial charge in [0, 0.05) is 5.69 Å². The second-order valence-electron chi connectivity index (χ2n) is 4.67. The van der Waals surface area contributed by atoms with Crippen LogP contribution < -0.4 is 15.8 Å². The standard InChI is InChI=1S/C14H22N2O2/c1-5-18-11-6-7-12(10(4)8-11)16-14(17)13(15)9(2)3/h6-9,13H,5,15H2,1-4H3,(H,16,17)/t13-/m1/s1. The number of carbonyl (C=O) groups excluding carboxylic acids is 1. The fraction of sp³-hybridized carbons (Fsp3) is 0.500. The molecule has 0 unspecified atom stereocenters. The van der Waals surface area contributed by atoms with Crippen LogP contribution in [0.2, 0.25) is 0 Å². The monoisotopic (exact) mass is 250 g/mol. The zero-order chi connectivity index (χ0) is 13.7. The minimum atomic E-state index is -0.490. The molecule has 1 rings (SSSR count). The van der Waals surface area contributed by atoms with E-state index < -0.39 is 6.04 Å². The van der Waals surface area contributed by atoms with Crippen molar-refractivity contribution in [2.45, 2.75) is 33.7 Å². The number of carbonyl (C=O) groups is 1. The molecule has 18 heavy (non-hydrogen) atoms. The maximum atomic E-state index is 11.8. The number of hydrogen-bond donors (Lipinski definition) is 2. The largest absolute Gasteiger partial charge is 0.494 e. The highest BCUT2D eigenvalue weighted by Gasteiger charge is 2.17. The fourth-order valence-corrected chi connectivity index (χ4v) is 1.55. The molecule has 0 aromatic heterocycles. The Labute approximate surface area is 109 Å². The number of nitrogens with one attached hydrogen (secondary N) is 1. The van der Waals surface area contributed by atoms with Crippen molar-refractivity contribution in [1.29, 1.82) is 0 Å². The summed E-state index contributed by atoms with van der Waals surface area (Å²) >= 11 is 0. The Balaban J connectivity index is 2.76. The first kappa shape index (κ1) is 14.5. The molecule has 0 radical (unpaired) electrons. The number of benzene rings is 1. The zero-order valence-corrected chi connectivity index (χ0v) is 11.5. The topological polar surface area (TPSA) is 64.3 Å². The summed E-state index contributed by atoms with van der Waals surface area (Å²) in [6.45, 7) is 8.35. The van der Waals surface area contributed by atoms with Crippen LogP contribution in [0.1, 0.15) is 26.3 Å². The Morgan fingerprint density at radius 1 is 1.44 bits per heavy atom. The highest BCUT2D eigenvalue weighted by molar-refractivity contribution is 5.95. The molecule has 0 aliphatic heterocycles. The highest BCUT2D eigenvalue weighted by Crippen LogP contribution is 2.21. The molecular weight excluding hydrogens is 228 g/mol. The minimum Gasteiger partial charge on any atom is -0.494 e. The predicted molar refractivity (Wildman–Crippen MR) is 73.8 cm³/mol. The van der Waals surface area contributed by atoms with Gasteiger partial charge >= 0.3 is 0 Å². The number of amides is 1. The summed E-state index contributed by atoms with van der Waals surface area (Å²) in [6, 6.07) is 5.09. The van der Waals surface area contributed by atoms with E-state index in [1.54, 1.807) is 0 Å². The molecule has 0 spiro atoms. The van der Waals surface area contributed by atoms with Crippen LogP contribution >= 0.6 is 0 Å². The summed E-state index contributed by atoms with van der Waals surface area (Å²) in [7, 11) is 0. The van der Waals surface area contributed by atoms with Crippen LogP contribution in [-0.4, -0.2) is 18.6 Å². The van der Waals surface area contributed by atoms with E-state index in [1.807, 2.05) is 45.9 Å². The molecule has 100 valence electrons. The third-order valence-electron chi connectivity index (χ3n) is 2.79. The van der Waals surface area contributed by atoms with Gasteiger partial charge in [0.15, 0.2) is 0 Å². The van der Waals surface area contributed by atoms with Gasteiger partial charge in [0.1, 0.15) is 5.75 Å². The summed E-state index contributed by atoms with van der Waals surface area (Å²) < 4.78 is 5.39. The van der Waals surface area contributed by atoms with E-state index in [0.29, 0.717) is 6.61 Å². The van der Waals surface area contributed by atoms with Gasteiger partial charge in [-0.05, 0) is 43.5 Å². The van der Waals surface area contributed by atoms with Gasteiger partial charge in [-0.15, -0.1) is 0 Å². The van der Waals surface area contributed by atoms with Crippen molar-refractivity contribution in [3.8, 4) is 5.75 Å². The average Bonchev–Trinajstić information content (AvgIpc) is 2.31. The van der Waals surface area contributed by atoms with E-state index in [0.717, 1.165) is 17.0 Å². The molecule has 1 aromatic carbocycles. The van der Waals surface area contributed by atoms with Gasteiger partial charge < -0.3 is 15.8 Å². The fourth-order valence-electron chi connectivity index (χ4n) is 1.55. The van der Waals surface area contributed by atoms with Crippen LogP contribution in [0.25, 0.3) is 0 Å². The van der Waals surface area contributed by atoms with Gasteiger partial charge in [-0.25, -0.2) is 0 Å². The molecule has 0 saturated heterocycles. The Kier molecular flexibility index (Phi) is 5.16. The third kappa shape index (κ3) is 3.74. The summed E-state index contributed by atoms with van der Waals surface area (Å²) in [5.74, 6) is 0.770. The maximum absolute atomic E-state index is 11.8. The van der Waals surface area contributed by atoms with Gasteiger partial charge in [0.25, 0.3) is 0 Å². The second-order valence-corrected chi connectivity index (χ2v) is 4.67. The van der Waals surface area contributed by atoms with Crippen LogP contribution in [0, 0.1) is 12.8 Å². The molecule has 0 heterocycles. The summed E-state index contributed by atoms with van der Waals surface area (Å²) in [5.41, 5.74) is 7.54. The SMILES string of the molecule is CCOc1ccc(NC(=O)[C@H](N)C(C)C)c(C)c1. The van der Waals surface area contributed by atoms with Gasteiger partial charge in [0.05, 0.1) is 12.6 Å². The lowest BCUT2D eigenvalue weighted by molar-refractivity contribution is -0.118. The molecule has 4 nitrogen and oxygen atoms in total. The number of rotatable bonds is 5. The van der Waals surface area contributed by atoms with Crippen LogP contribution in [0.15, 0.2) is 18.2 Å². The first-order chi connectivity index (χ1) is 8.45. The average molecular weight is 250 g/mol. The number of anilines is 1. The second kappa shape index (κ2) is 6.40. The van der Waals surface area contributed by atoms with E-state index in [9.17, 15) is 4.79 Å². The Bertz CT molecular complexity index is 416. The lowest BCUT2D eigenvalue weighted by Crippen LogP contribution is -2.39. The number of hydrogen-bond acceptors (Lipinski definition) is 3. The lowest BCUT2D eigenvalue weighted by Gasteiger charge is -2.16. The first-order valence-corrected chi connectivity index (χ1v) is 6.25. The molecule has 0 saturated carbocycles. The van der Waals surface area contributed by atoms with Gasteiger partial charge in [-0.1, -0.05) is 13.8 Å². The Morgan fingerprint density at radius 2 is 2.11 bits per heavy atom. The molecule has 1 aromatic rings. The summed E-state index contributed by atoms with van der Waals surface area (Å²) in [5, 5.41) is 2.84. The van der Waals surface area contributed by atoms with Crippen LogP contribution in [-0.2, 0) is 4.79 Å². The van der Waals surface area contributed by atoms with Crippen molar-refractivity contribution in [3.63, 3.8) is 0 Å². The van der Waals surface area contributed by atoms with Crippen molar-refractivity contribution in [3.05, 3.63) is 23.8 Å². The van der Waals surface area contributed by atoms with E-state index in [1.165, 1.54) is 0 Å². The molecule has 1 amide bonds. The Morgan fingerprint density at radius 3 is 2.61 bits per heavy atom. The van der Waals surface area contributed by atoms with Gasteiger partial charge in [0.2, 0.25) is 5.91 Å². The number of ether oxygens (including phenoxy) is 1. The number of nitrogens with two attached hydrogens (primary N) is 1. The van der Waals surface area contributed by atoms with E-state index >= 15 is 0 Å². The van der Waals surface area contributed by atoms with E-state index in [2.05, 4.69) is 5.32 Å². The lowest BCUT2D eigenvalue weighted by atomic mass is 10.0. The van der Waals surface area contributed by atoms with Crippen molar-refractivity contribution in [1.82, 2.24) is 0 Å². The van der Waals surface area contributed by atoms with Crippen LogP contribution in [0.4, 0.5) is 5.69 Å². The highest BCUT2D eigenvalue weighted by atomic mass is 16.5. The van der Waals surface area contributed by atoms with Crippen molar-refractivity contribution in [2.24, 2.45) is 11.7 Å². The molecule has 0 bridgehead atoms. The zero-order valence-electron chi connectivity index (χ0n) is 11.5. The molecule has 0 fully saturated rings. The summed E-state index contributed by atoms with van der Waals surface area (Å²) in [6.07, 6.45) is 0. The third-order valence-corrected chi connectivity index (χ3v) is 2.79. The van der Waals surface area contributed by atoms with Crippen LogP contribution in [0.5, 0.6) is 5.75 Å². The predicted octanol–water partition coefficient (Wildman–Crippen LogP) is 2.32. The maximum Gasteiger partial charge on any atom is 0.241 e. The normalized spacial score (nSPS) is 12.3. The van der Waals surface area contributed by atoms with E-state index in [-0.39, 0.29) is 11.8 Å². The molecular formula is C14H22N2O2. The van der Waals surface area contributed by atoms with Crippen molar-refractivity contribution < 1.29 is 9.53 Å². The molecule has 4 heteroatoms. The Hall–Kier alpha value is -1.55. The molecule has 0 aliphatic carbocycles. The minimum absolute atomic E-state index is 0.119. The molecule has 3 N–H and O–H groups in total. The van der Waals surface area contributed by atoms with Crippen molar-refractivity contribution in [2.75, 3.05) is 11.9 Å². The van der Waals surface area contributed by atoms with Gasteiger partial charge in [-0.2, -0.15) is 0 Å².